The summed E-state index contributed by atoms with van der Waals surface area (Å²) >= 11 is 0. The Morgan fingerprint density at radius 2 is 1.78 bits per heavy atom. The van der Waals surface area contributed by atoms with E-state index in [9.17, 15) is 5.11 Å². The molecule has 1 aliphatic rings. The summed E-state index contributed by atoms with van der Waals surface area (Å²) in [7, 11) is 0. The Morgan fingerprint density at radius 3 is 2.28 bits per heavy atom. The van der Waals surface area contributed by atoms with Gasteiger partial charge in [0.05, 0.1) is 6.10 Å². The van der Waals surface area contributed by atoms with Crippen LogP contribution >= 0.6 is 0 Å². The number of benzene rings is 1. The monoisotopic (exact) mass is 247 g/mol. The number of hydrogen-bond donors (Lipinski definition) is 1. The zero-order valence-electron chi connectivity index (χ0n) is 11.8. The first kappa shape index (κ1) is 13.6. The van der Waals surface area contributed by atoms with Gasteiger partial charge >= 0.3 is 0 Å². The molecule has 0 amide bonds. The largest absolute Gasteiger partial charge is 0.386 e. The molecule has 18 heavy (non-hydrogen) atoms. The van der Waals surface area contributed by atoms with Gasteiger partial charge in [-0.1, -0.05) is 36.8 Å². The Balaban J connectivity index is 2.23. The van der Waals surface area contributed by atoms with Crippen LogP contribution in [0.1, 0.15) is 50.3 Å². The van der Waals surface area contributed by atoms with Crippen molar-refractivity contribution in [3.05, 3.63) is 35.4 Å². The lowest BCUT2D eigenvalue weighted by Crippen LogP contribution is -2.48. The van der Waals surface area contributed by atoms with Crippen LogP contribution in [0.4, 0.5) is 0 Å². The molecule has 2 atom stereocenters. The fourth-order valence-electron chi connectivity index (χ4n) is 2.93. The minimum atomic E-state index is -0.402. The average molecular weight is 247 g/mol. The lowest BCUT2D eigenvalue weighted by Gasteiger charge is -2.42. The predicted molar refractivity (Wildman–Crippen MR) is 75.6 cm³/mol. The van der Waals surface area contributed by atoms with Crippen molar-refractivity contribution in [3.8, 4) is 0 Å². The number of likely N-dealkylation sites (tertiary alicyclic amines) is 1. The van der Waals surface area contributed by atoms with Crippen LogP contribution in [0, 0.1) is 6.92 Å². The Labute approximate surface area is 111 Å². The summed E-state index contributed by atoms with van der Waals surface area (Å²) in [6, 6.07) is 8.28. The highest BCUT2D eigenvalue weighted by Crippen LogP contribution is 2.36. The summed E-state index contributed by atoms with van der Waals surface area (Å²) < 4.78 is 0. The van der Waals surface area contributed by atoms with E-state index in [0.717, 1.165) is 25.1 Å². The van der Waals surface area contributed by atoms with E-state index in [0.29, 0.717) is 0 Å². The van der Waals surface area contributed by atoms with Crippen molar-refractivity contribution >= 4 is 0 Å². The third-order valence-electron chi connectivity index (χ3n) is 4.53. The van der Waals surface area contributed by atoms with E-state index in [1.165, 1.54) is 18.4 Å². The van der Waals surface area contributed by atoms with Crippen molar-refractivity contribution in [3.63, 3.8) is 0 Å². The van der Waals surface area contributed by atoms with Crippen LogP contribution in [-0.2, 0) is 0 Å². The number of nitrogens with zero attached hydrogens (tertiary/aromatic N) is 1. The molecule has 1 aromatic rings. The molecule has 1 aromatic carbocycles. The van der Waals surface area contributed by atoms with Crippen molar-refractivity contribution < 1.29 is 5.11 Å². The van der Waals surface area contributed by atoms with Gasteiger partial charge in [0.1, 0.15) is 0 Å². The van der Waals surface area contributed by atoms with Gasteiger partial charge < -0.3 is 5.11 Å². The first-order chi connectivity index (χ1) is 8.58. The minimum Gasteiger partial charge on any atom is -0.386 e. The van der Waals surface area contributed by atoms with Crippen molar-refractivity contribution in [2.24, 2.45) is 0 Å². The molecule has 0 bridgehead atoms. The maximum atomic E-state index is 10.7. The zero-order chi connectivity index (χ0) is 13.2. The van der Waals surface area contributed by atoms with Crippen LogP contribution in [0.3, 0.4) is 0 Å². The molecule has 1 N–H and O–H groups in total. The molecule has 0 radical (unpaired) electrons. The van der Waals surface area contributed by atoms with Crippen molar-refractivity contribution in [2.45, 2.75) is 51.7 Å². The Hall–Kier alpha value is -0.860. The first-order valence-electron chi connectivity index (χ1n) is 7.07. The maximum Gasteiger partial charge on any atom is 0.0970 e. The second-order valence-electron chi connectivity index (χ2n) is 5.72. The van der Waals surface area contributed by atoms with E-state index in [1.807, 2.05) is 0 Å². The second-order valence-corrected chi connectivity index (χ2v) is 5.72. The molecule has 100 valence electrons. The van der Waals surface area contributed by atoms with Gasteiger partial charge in [0, 0.05) is 5.54 Å². The third-order valence-corrected chi connectivity index (χ3v) is 4.53. The Morgan fingerprint density at radius 1 is 1.22 bits per heavy atom. The Bertz CT molecular complexity index is 381. The predicted octanol–water partition coefficient (Wildman–Crippen LogP) is 3.29. The summed E-state index contributed by atoms with van der Waals surface area (Å²) in [5.74, 6) is 0. The zero-order valence-corrected chi connectivity index (χ0v) is 11.8. The minimum absolute atomic E-state index is 0.133. The SMILES string of the molecule is CCC(C)(C(O)c1ccc(C)cc1)N1CCCC1. The highest BCUT2D eigenvalue weighted by atomic mass is 16.3. The lowest BCUT2D eigenvalue weighted by molar-refractivity contribution is -0.0140. The van der Waals surface area contributed by atoms with E-state index >= 15 is 0 Å². The van der Waals surface area contributed by atoms with Crippen LogP contribution in [0.5, 0.6) is 0 Å². The van der Waals surface area contributed by atoms with Gasteiger partial charge in [0.2, 0.25) is 0 Å². The fraction of sp³-hybridized carbons (Fsp3) is 0.625. The van der Waals surface area contributed by atoms with Gasteiger partial charge in [-0.05, 0) is 51.8 Å². The fourth-order valence-corrected chi connectivity index (χ4v) is 2.93. The molecular formula is C16H25NO. The van der Waals surface area contributed by atoms with Crippen molar-refractivity contribution in [2.75, 3.05) is 13.1 Å². The van der Waals surface area contributed by atoms with Crippen LogP contribution in [0.25, 0.3) is 0 Å². The molecule has 0 saturated carbocycles. The number of aliphatic hydroxyl groups excluding tert-OH is 1. The molecule has 1 fully saturated rings. The molecule has 0 aliphatic carbocycles. The van der Waals surface area contributed by atoms with E-state index < -0.39 is 6.10 Å². The van der Waals surface area contributed by atoms with Gasteiger partial charge in [-0.25, -0.2) is 0 Å². The molecule has 1 heterocycles. The number of aryl methyl sites for hydroxylation is 1. The summed E-state index contributed by atoms with van der Waals surface area (Å²) in [6.45, 7) is 8.69. The standard InChI is InChI=1S/C16H25NO/c1-4-16(3,17-11-5-6-12-17)15(18)14-9-7-13(2)8-10-14/h7-10,15,18H,4-6,11-12H2,1-3H3. The van der Waals surface area contributed by atoms with E-state index in [2.05, 4.69) is 49.9 Å². The topological polar surface area (TPSA) is 23.5 Å². The van der Waals surface area contributed by atoms with Gasteiger partial charge in [-0.15, -0.1) is 0 Å². The smallest absolute Gasteiger partial charge is 0.0970 e. The van der Waals surface area contributed by atoms with Gasteiger partial charge in [0.25, 0.3) is 0 Å². The molecule has 2 unspecified atom stereocenters. The van der Waals surface area contributed by atoms with Crippen LogP contribution in [0.2, 0.25) is 0 Å². The van der Waals surface area contributed by atoms with E-state index in [4.69, 9.17) is 0 Å². The summed E-state index contributed by atoms with van der Waals surface area (Å²) in [6.07, 6.45) is 3.09. The molecular weight excluding hydrogens is 222 g/mol. The summed E-state index contributed by atoms with van der Waals surface area (Å²) in [4.78, 5) is 2.46. The van der Waals surface area contributed by atoms with Crippen LogP contribution < -0.4 is 0 Å². The normalized spacial score (nSPS) is 21.8. The van der Waals surface area contributed by atoms with Crippen molar-refractivity contribution in [1.82, 2.24) is 4.90 Å². The molecule has 2 heteroatoms. The molecule has 2 nitrogen and oxygen atoms in total. The highest BCUT2D eigenvalue weighted by Gasteiger charge is 2.39. The molecule has 0 spiro atoms. The van der Waals surface area contributed by atoms with Crippen LogP contribution in [0.15, 0.2) is 24.3 Å². The summed E-state index contributed by atoms with van der Waals surface area (Å²) in [5, 5.41) is 10.7. The lowest BCUT2D eigenvalue weighted by atomic mass is 9.85. The number of hydrogen-bond acceptors (Lipinski definition) is 2. The van der Waals surface area contributed by atoms with Gasteiger partial charge in [0.15, 0.2) is 0 Å². The van der Waals surface area contributed by atoms with Crippen molar-refractivity contribution in [1.29, 1.82) is 0 Å². The average Bonchev–Trinajstić information content (AvgIpc) is 2.92. The summed E-state index contributed by atoms with van der Waals surface area (Å²) in [5.41, 5.74) is 2.15. The first-order valence-corrected chi connectivity index (χ1v) is 7.07. The number of rotatable bonds is 4. The molecule has 1 saturated heterocycles. The highest BCUT2D eigenvalue weighted by molar-refractivity contribution is 5.25. The third kappa shape index (κ3) is 2.45. The quantitative estimate of drug-likeness (QED) is 0.882. The van der Waals surface area contributed by atoms with E-state index in [-0.39, 0.29) is 5.54 Å². The van der Waals surface area contributed by atoms with Gasteiger partial charge in [-0.3, -0.25) is 4.90 Å². The second kappa shape index (κ2) is 5.41. The number of aliphatic hydroxyl groups is 1. The Kier molecular flexibility index (Phi) is 4.08. The molecule has 1 aliphatic heterocycles. The maximum absolute atomic E-state index is 10.7. The molecule has 0 aromatic heterocycles. The molecule has 2 rings (SSSR count). The van der Waals surface area contributed by atoms with Crippen LogP contribution in [-0.4, -0.2) is 28.6 Å². The van der Waals surface area contributed by atoms with E-state index in [1.54, 1.807) is 0 Å². The van der Waals surface area contributed by atoms with Gasteiger partial charge in [-0.2, -0.15) is 0 Å².